The van der Waals surface area contributed by atoms with E-state index in [-0.39, 0.29) is 34.0 Å². The Balaban J connectivity index is 2.13. The van der Waals surface area contributed by atoms with E-state index in [9.17, 15) is 25.3 Å². The molecule has 3 aromatic rings. The summed E-state index contributed by atoms with van der Waals surface area (Å²) in [7, 11) is -12.9. The summed E-state index contributed by atoms with van der Waals surface area (Å²) in [4.78, 5) is -1.08. The third-order valence-electron chi connectivity index (χ3n) is 7.85. The number of unbranched alkanes of at least 4 members (excludes halogenated alkanes) is 3. The van der Waals surface area contributed by atoms with Crippen molar-refractivity contribution in [1.82, 2.24) is 0 Å². The molecule has 3 rings (SSSR count). The number of nitrogens with one attached hydrogen (secondary N) is 2. The predicted molar refractivity (Wildman–Crippen MR) is 192 cm³/mol. The van der Waals surface area contributed by atoms with E-state index in [1.807, 2.05) is 53.7 Å². The first-order valence-corrected chi connectivity index (χ1v) is 21.3. The predicted octanol–water partition coefficient (Wildman–Crippen LogP) is 8.37. The van der Waals surface area contributed by atoms with Gasteiger partial charge in [0, 0.05) is 18.2 Å². The minimum Gasteiger partial charge on any atom is -0.494 e. The Morgan fingerprint density at radius 1 is 0.638 bits per heavy atom. The molecule has 2 N–H and O–H groups in total. The van der Waals surface area contributed by atoms with Gasteiger partial charge in [-0.05, 0) is 77.3 Å². The van der Waals surface area contributed by atoms with Crippen LogP contribution in [0.1, 0.15) is 109 Å². The molecule has 0 aliphatic rings. The summed E-state index contributed by atoms with van der Waals surface area (Å²) in [6.07, 6.45) is 6.07. The highest BCUT2D eigenvalue weighted by Gasteiger charge is 2.32. The van der Waals surface area contributed by atoms with E-state index in [1.54, 1.807) is 24.3 Å². The normalized spacial score (nSPS) is 12.6. The molecule has 0 saturated heterocycles. The molecule has 0 atom stereocenters. The van der Waals surface area contributed by atoms with Gasteiger partial charge in [0.05, 0.1) is 22.9 Å². The van der Waals surface area contributed by atoms with Gasteiger partial charge in [-0.3, -0.25) is 4.72 Å². The molecule has 0 aliphatic carbocycles. The van der Waals surface area contributed by atoms with E-state index < -0.39 is 39.5 Å². The van der Waals surface area contributed by atoms with Crippen LogP contribution in [-0.4, -0.2) is 44.4 Å². The Morgan fingerprint density at radius 3 is 1.62 bits per heavy atom. The van der Waals surface area contributed by atoms with Crippen molar-refractivity contribution in [3.63, 3.8) is 0 Å². The number of anilines is 3. The van der Waals surface area contributed by atoms with Crippen LogP contribution in [-0.2, 0) is 29.7 Å². The summed E-state index contributed by atoms with van der Waals surface area (Å²) in [5.74, 6) is 0.481. The average Bonchev–Trinajstić information content (AvgIpc) is 2.96. The molecule has 3 aromatic carbocycles. The van der Waals surface area contributed by atoms with Gasteiger partial charge in [0.1, 0.15) is 15.5 Å². The van der Waals surface area contributed by atoms with E-state index in [0.29, 0.717) is 29.2 Å². The fraction of sp³-hybridized carbons (Fsp3) is 0.486. The van der Waals surface area contributed by atoms with Crippen LogP contribution in [0, 0.1) is 0 Å². The Kier molecular flexibility index (Phi) is 12.6. The van der Waals surface area contributed by atoms with Gasteiger partial charge in [0.2, 0.25) is 0 Å². The number of ether oxygens (including phenoxy) is 1. The van der Waals surface area contributed by atoms with Crippen molar-refractivity contribution >= 4 is 46.8 Å². The topological polar surface area (TPSA) is 136 Å². The van der Waals surface area contributed by atoms with Gasteiger partial charge in [-0.15, -0.1) is 0 Å². The van der Waals surface area contributed by atoms with Crippen molar-refractivity contribution in [2.45, 2.75) is 107 Å². The molecule has 0 fully saturated rings. The van der Waals surface area contributed by atoms with Gasteiger partial charge in [0.25, 0.3) is 10.0 Å². The Labute approximate surface area is 282 Å². The van der Waals surface area contributed by atoms with E-state index in [4.69, 9.17) is 4.74 Å². The summed E-state index contributed by atoms with van der Waals surface area (Å²) in [6, 6.07) is 13.3. The monoisotopic (exact) mass is 706 g/mol. The number of hydrogen-bond donors (Lipinski definition) is 2. The maximum Gasteiger partial charge on any atom is 0.262 e. The molecular formula is C35H50N2O7S3. The third-order valence-corrected chi connectivity index (χ3v) is 11.8. The lowest BCUT2D eigenvalue weighted by Crippen LogP contribution is -2.21. The second kappa shape index (κ2) is 15.4. The van der Waals surface area contributed by atoms with Crippen LogP contribution in [0.5, 0.6) is 5.75 Å². The zero-order valence-corrected chi connectivity index (χ0v) is 31.4. The van der Waals surface area contributed by atoms with Gasteiger partial charge < -0.3 is 10.1 Å². The van der Waals surface area contributed by atoms with Crippen molar-refractivity contribution in [2.75, 3.05) is 29.2 Å². The van der Waals surface area contributed by atoms with Crippen LogP contribution < -0.4 is 14.8 Å². The van der Waals surface area contributed by atoms with Crippen LogP contribution >= 0.6 is 0 Å². The smallest absolute Gasteiger partial charge is 0.262 e. The molecule has 0 bridgehead atoms. The van der Waals surface area contributed by atoms with Crippen molar-refractivity contribution in [3.8, 4) is 5.75 Å². The zero-order valence-electron chi connectivity index (χ0n) is 29.0. The maximum absolute atomic E-state index is 14.2. The van der Waals surface area contributed by atoms with Crippen LogP contribution in [0.4, 0.5) is 17.1 Å². The standard InChI is InChI=1S/C35H50N2O7S3/c1-10-11-12-13-20-44-28-16-14-27(15-17-28)36-31-18-19-32(35(46(9,40)41)34(31)45(8,38)39)37-47(42,43)33-29(24(4)5)21-26(23(2)3)22-30(33)25(6)7/h14-19,21-25,36-37H,10-13,20H2,1-9H3. The molecule has 0 aromatic heterocycles. The van der Waals surface area contributed by atoms with Crippen molar-refractivity contribution in [1.29, 1.82) is 0 Å². The molecule has 0 amide bonds. The van der Waals surface area contributed by atoms with Gasteiger partial charge >= 0.3 is 0 Å². The molecule has 0 aliphatic heterocycles. The second-order valence-electron chi connectivity index (χ2n) is 13.0. The number of sulfonamides is 1. The van der Waals surface area contributed by atoms with Crippen LogP contribution in [0.15, 0.2) is 63.2 Å². The van der Waals surface area contributed by atoms with Gasteiger partial charge in [-0.2, -0.15) is 0 Å². The summed E-state index contributed by atoms with van der Waals surface area (Å²) >= 11 is 0. The minimum atomic E-state index is -4.39. The molecule has 0 saturated carbocycles. The molecule has 12 heteroatoms. The van der Waals surface area contributed by atoms with Crippen molar-refractivity contribution in [2.24, 2.45) is 0 Å². The summed E-state index contributed by atoms with van der Waals surface area (Å²) in [5.41, 5.74) is 2.34. The van der Waals surface area contributed by atoms with Gasteiger partial charge in [-0.25, -0.2) is 25.3 Å². The highest BCUT2D eigenvalue weighted by atomic mass is 32.2. The minimum absolute atomic E-state index is 0.00358. The summed E-state index contributed by atoms with van der Waals surface area (Å²) in [5, 5.41) is 3.01. The number of rotatable bonds is 16. The van der Waals surface area contributed by atoms with Gasteiger partial charge in [0.15, 0.2) is 19.7 Å². The SMILES string of the molecule is CCCCCCOc1ccc(Nc2ccc(NS(=O)(=O)c3c(C(C)C)cc(C(C)C)cc3C(C)C)c(S(C)(=O)=O)c2S(C)(=O)=O)cc1. The fourth-order valence-corrected chi connectivity index (χ4v) is 10.1. The lowest BCUT2D eigenvalue weighted by atomic mass is 9.89. The first kappa shape index (κ1) is 38.4. The van der Waals surface area contributed by atoms with Crippen LogP contribution in [0.2, 0.25) is 0 Å². The molecular weight excluding hydrogens is 657 g/mol. The quantitative estimate of drug-likeness (QED) is 0.142. The van der Waals surface area contributed by atoms with Crippen molar-refractivity contribution < 1.29 is 30.0 Å². The molecule has 260 valence electrons. The summed E-state index contributed by atoms with van der Waals surface area (Å²) in [6.45, 7) is 14.4. The zero-order chi connectivity index (χ0) is 35.3. The Morgan fingerprint density at radius 2 is 1.15 bits per heavy atom. The largest absolute Gasteiger partial charge is 0.494 e. The average molecular weight is 707 g/mol. The third kappa shape index (κ3) is 9.73. The molecule has 47 heavy (non-hydrogen) atoms. The van der Waals surface area contributed by atoms with E-state index in [1.165, 1.54) is 12.1 Å². The molecule has 0 unspecified atom stereocenters. The lowest BCUT2D eigenvalue weighted by molar-refractivity contribution is 0.305. The first-order valence-electron chi connectivity index (χ1n) is 16.0. The number of sulfone groups is 2. The molecule has 0 spiro atoms. The first-order chi connectivity index (χ1) is 21.8. The Bertz CT molecular complexity index is 1850. The van der Waals surface area contributed by atoms with Crippen LogP contribution in [0.25, 0.3) is 0 Å². The molecule has 0 radical (unpaired) electrons. The van der Waals surface area contributed by atoms with E-state index in [0.717, 1.165) is 43.8 Å². The summed E-state index contributed by atoms with van der Waals surface area (Å²) < 4.78 is 89.8. The molecule has 9 nitrogen and oxygen atoms in total. The highest BCUT2D eigenvalue weighted by Crippen LogP contribution is 2.40. The fourth-order valence-electron chi connectivity index (χ4n) is 5.38. The second-order valence-corrected chi connectivity index (χ2v) is 18.5. The lowest BCUT2D eigenvalue weighted by Gasteiger charge is -2.24. The van der Waals surface area contributed by atoms with Crippen LogP contribution in [0.3, 0.4) is 0 Å². The van der Waals surface area contributed by atoms with Crippen molar-refractivity contribution in [3.05, 3.63) is 65.2 Å². The highest BCUT2D eigenvalue weighted by molar-refractivity contribution is 7.94. The van der Waals surface area contributed by atoms with E-state index in [2.05, 4.69) is 17.0 Å². The number of hydrogen-bond acceptors (Lipinski definition) is 8. The Hall–Kier alpha value is -3.09. The molecule has 0 heterocycles. The maximum atomic E-state index is 14.2. The number of benzene rings is 3. The van der Waals surface area contributed by atoms with E-state index >= 15 is 0 Å². The van der Waals surface area contributed by atoms with Gasteiger partial charge in [-0.1, -0.05) is 79.9 Å².